The maximum atomic E-state index is 12.7. The number of benzene rings is 1. The molecule has 178 valence electrons. The van der Waals surface area contributed by atoms with Gasteiger partial charge in [0.1, 0.15) is 11.7 Å². The quantitative estimate of drug-likeness (QED) is 0.628. The predicted octanol–water partition coefficient (Wildman–Crippen LogP) is 5.27. The van der Waals surface area contributed by atoms with E-state index in [9.17, 15) is 4.79 Å². The number of para-hydroxylation sites is 2. The fraction of sp³-hybridized carbons (Fsp3) is 0.654. The van der Waals surface area contributed by atoms with Gasteiger partial charge in [-0.15, -0.1) is 0 Å². The first-order chi connectivity index (χ1) is 15.8. The number of hydrogen-bond donors (Lipinski definition) is 0. The Morgan fingerprint density at radius 1 is 0.909 bits per heavy atom. The van der Waals surface area contributed by atoms with Crippen molar-refractivity contribution in [1.82, 2.24) is 14.9 Å². The van der Waals surface area contributed by atoms with Crippen LogP contribution in [0.5, 0.6) is 5.88 Å². The zero-order chi connectivity index (χ0) is 23.0. The van der Waals surface area contributed by atoms with Gasteiger partial charge in [-0.2, -0.15) is 0 Å². The predicted molar refractivity (Wildman–Crippen MR) is 125 cm³/mol. The van der Waals surface area contributed by atoms with Crippen LogP contribution in [0.1, 0.15) is 72.1 Å². The molecule has 1 aliphatic carbocycles. The molecule has 5 rings (SSSR count). The van der Waals surface area contributed by atoms with Gasteiger partial charge in [0.15, 0.2) is 0 Å². The number of rotatable bonds is 4. The average molecular weight is 454 g/mol. The molecule has 3 heterocycles. The standard InChI is InChI=1S/C26H35N3O4/c1-26(2,3)33-25(30)29-17-8-9-18(29)15-21(14-17)31-19-10-12-20(13-11-19)32-24-16-27-22-6-4-5-7-23(22)28-24/h4-7,16-21H,8-15H2,1-3H3/t17-,18-,19?,20?/m0/s1. The summed E-state index contributed by atoms with van der Waals surface area (Å²) in [5.41, 5.74) is 1.29. The number of carbonyl (C=O) groups is 1. The Kier molecular flexibility index (Phi) is 6.16. The number of hydrogen-bond acceptors (Lipinski definition) is 6. The van der Waals surface area contributed by atoms with Crippen molar-refractivity contribution < 1.29 is 19.0 Å². The Hall–Kier alpha value is -2.41. The molecule has 7 heteroatoms. The molecule has 0 unspecified atom stereocenters. The van der Waals surface area contributed by atoms with Gasteiger partial charge in [0, 0.05) is 12.1 Å². The van der Waals surface area contributed by atoms with Crippen molar-refractivity contribution in [2.75, 3.05) is 0 Å². The van der Waals surface area contributed by atoms with Crippen LogP contribution in [0.2, 0.25) is 0 Å². The maximum absolute atomic E-state index is 12.7. The minimum Gasteiger partial charge on any atom is -0.473 e. The molecule has 1 amide bonds. The van der Waals surface area contributed by atoms with E-state index >= 15 is 0 Å². The second kappa shape index (κ2) is 9.09. The molecule has 1 saturated carbocycles. The summed E-state index contributed by atoms with van der Waals surface area (Å²) in [4.78, 5) is 23.7. The molecule has 0 spiro atoms. The maximum Gasteiger partial charge on any atom is 0.410 e. The Balaban J connectivity index is 1.10. The van der Waals surface area contributed by atoms with E-state index in [1.807, 2.05) is 49.9 Å². The van der Waals surface area contributed by atoms with Crippen LogP contribution in [0.15, 0.2) is 30.5 Å². The summed E-state index contributed by atoms with van der Waals surface area (Å²) in [5, 5.41) is 0. The van der Waals surface area contributed by atoms with Gasteiger partial charge in [0.05, 0.1) is 29.4 Å². The summed E-state index contributed by atoms with van der Waals surface area (Å²) in [7, 11) is 0. The molecule has 2 bridgehead atoms. The summed E-state index contributed by atoms with van der Waals surface area (Å²) in [6.45, 7) is 5.78. The molecule has 33 heavy (non-hydrogen) atoms. The molecule has 0 N–H and O–H groups in total. The van der Waals surface area contributed by atoms with Crippen LogP contribution in [0, 0.1) is 0 Å². The summed E-state index contributed by atoms with van der Waals surface area (Å²) in [6, 6.07) is 8.34. The van der Waals surface area contributed by atoms with Gasteiger partial charge < -0.3 is 19.1 Å². The van der Waals surface area contributed by atoms with Crippen LogP contribution < -0.4 is 4.74 Å². The van der Waals surface area contributed by atoms with Crippen molar-refractivity contribution in [3.05, 3.63) is 30.5 Å². The Labute approximate surface area is 195 Å². The first-order valence-electron chi connectivity index (χ1n) is 12.4. The van der Waals surface area contributed by atoms with E-state index in [1.165, 1.54) is 0 Å². The third kappa shape index (κ3) is 5.24. The summed E-state index contributed by atoms with van der Waals surface area (Å²) in [6.07, 6.45) is 10.1. The lowest BCUT2D eigenvalue weighted by Crippen LogP contribution is -2.50. The topological polar surface area (TPSA) is 73.8 Å². The molecule has 1 aromatic carbocycles. The summed E-state index contributed by atoms with van der Waals surface area (Å²) < 4.78 is 18.3. The van der Waals surface area contributed by atoms with Gasteiger partial charge in [-0.05, 0) is 84.3 Å². The third-order valence-corrected chi connectivity index (χ3v) is 7.01. The summed E-state index contributed by atoms with van der Waals surface area (Å²) >= 11 is 0. The van der Waals surface area contributed by atoms with E-state index < -0.39 is 5.60 Å². The first-order valence-corrected chi connectivity index (χ1v) is 12.4. The van der Waals surface area contributed by atoms with E-state index in [4.69, 9.17) is 14.2 Å². The molecule has 1 aromatic heterocycles. The van der Waals surface area contributed by atoms with Crippen LogP contribution in [-0.2, 0) is 9.47 Å². The van der Waals surface area contributed by atoms with Crippen LogP contribution in [0.3, 0.4) is 0 Å². The molecule has 0 radical (unpaired) electrons. The molecule has 2 aromatic rings. The first kappa shape index (κ1) is 22.4. The lowest BCUT2D eigenvalue weighted by atomic mass is 9.93. The van der Waals surface area contributed by atoms with E-state index in [-0.39, 0.29) is 36.5 Å². The number of fused-ring (bicyclic) bond motifs is 3. The minimum atomic E-state index is -0.455. The average Bonchev–Trinajstić information content (AvgIpc) is 3.05. The molecule has 2 saturated heterocycles. The Morgan fingerprint density at radius 2 is 1.55 bits per heavy atom. The SMILES string of the molecule is CC(C)(C)OC(=O)N1[C@H]2CC[C@H]1CC(OC1CCC(Oc3cnc4ccccc4n3)CC1)C2. The molecular formula is C26H35N3O4. The molecule has 3 aliphatic rings. The second-order valence-electron chi connectivity index (χ2n) is 10.7. The zero-order valence-electron chi connectivity index (χ0n) is 19.9. The highest BCUT2D eigenvalue weighted by Gasteiger charge is 2.45. The number of piperidine rings is 1. The van der Waals surface area contributed by atoms with Crippen molar-refractivity contribution in [3.8, 4) is 5.88 Å². The Morgan fingerprint density at radius 3 is 2.21 bits per heavy atom. The molecule has 3 fully saturated rings. The highest BCUT2D eigenvalue weighted by Crippen LogP contribution is 2.39. The number of ether oxygens (including phenoxy) is 3. The molecule has 2 aliphatic heterocycles. The van der Waals surface area contributed by atoms with Gasteiger partial charge >= 0.3 is 6.09 Å². The smallest absolute Gasteiger partial charge is 0.410 e. The third-order valence-electron chi connectivity index (χ3n) is 7.01. The van der Waals surface area contributed by atoms with E-state index in [0.29, 0.717) is 5.88 Å². The zero-order valence-corrected chi connectivity index (χ0v) is 19.9. The van der Waals surface area contributed by atoms with Crippen LogP contribution in [-0.4, -0.2) is 57.0 Å². The van der Waals surface area contributed by atoms with Gasteiger partial charge in [0.2, 0.25) is 5.88 Å². The fourth-order valence-electron chi connectivity index (χ4n) is 5.58. The highest BCUT2D eigenvalue weighted by molar-refractivity contribution is 5.74. The van der Waals surface area contributed by atoms with E-state index in [1.54, 1.807) is 6.20 Å². The second-order valence-corrected chi connectivity index (χ2v) is 10.7. The van der Waals surface area contributed by atoms with Crippen LogP contribution in [0.25, 0.3) is 11.0 Å². The molecule has 7 nitrogen and oxygen atoms in total. The van der Waals surface area contributed by atoms with Crippen molar-refractivity contribution in [3.63, 3.8) is 0 Å². The molecular weight excluding hydrogens is 418 g/mol. The Bertz CT molecular complexity index is 969. The number of amides is 1. The van der Waals surface area contributed by atoms with Crippen molar-refractivity contribution in [2.24, 2.45) is 0 Å². The van der Waals surface area contributed by atoms with Crippen molar-refractivity contribution in [1.29, 1.82) is 0 Å². The summed E-state index contributed by atoms with van der Waals surface area (Å²) in [5.74, 6) is 0.601. The van der Waals surface area contributed by atoms with Crippen LogP contribution in [0.4, 0.5) is 4.79 Å². The largest absolute Gasteiger partial charge is 0.473 e. The van der Waals surface area contributed by atoms with Gasteiger partial charge in [-0.25, -0.2) is 14.8 Å². The number of aromatic nitrogens is 2. The van der Waals surface area contributed by atoms with Gasteiger partial charge in [0.25, 0.3) is 0 Å². The normalized spacial score (nSPS) is 29.8. The van der Waals surface area contributed by atoms with Gasteiger partial charge in [-0.1, -0.05) is 12.1 Å². The van der Waals surface area contributed by atoms with Crippen molar-refractivity contribution in [2.45, 2.75) is 108 Å². The van der Waals surface area contributed by atoms with Crippen LogP contribution >= 0.6 is 0 Å². The van der Waals surface area contributed by atoms with Gasteiger partial charge in [-0.3, -0.25) is 0 Å². The highest BCUT2D eigenvalue weighted by atomic mass is 16.6. The number of nitrogens with zero attached hydrogens (tertiary/aromatic N) is 3. The van der Waals surface area contributed by atoms with Crippen molar-refractivity contribution >= 4 is 17.1 Å². The van der Waals surface area contributed by atoms with E-state index in [2.05, 4.69) is 9.97 Å². The lowest BCUT2D eigenvalue weighted by Gasteiger charge is -2.41. The lowest BCUT2D eigenvalue weighted by molar-refractivity contribution is -0.0814. The fourth-order valence-corrected chi connectivity index (χ4v) is 5.58. The monoisotopic (exact) mass is 453 g/mol. The number of carbonyl (C=O) groups excluding carboxylic acids is 1. The molecule has 2 atom stereocenters. The minimum absolute atomic E-state index is 0.158. The van der Waals surface area contributed by atoms with E-state index in [0.717, 1.165) is 62.4 Å².